The number of carbonyl (C=O) groups is 1. The third kappa shape index (κ3) is 3.63. The minimum Gasteiger partial charge on any atom is -0.294 e. The number of ketones is 1. The van der Waals surface area contributed by atoms with Crippen molar-refractivity contribution in [2.24, 2.45) is 0 Å². The number of fused-ring (bicyclic) bond motifs is 3. The SMILES string of the molecule is Cc1ccc(C2CC(=O)c3cnc4nc(SCc5cccc(C)c5)nn4c3C2)cc1. The van der Waals surface area contributed by atoms with Crippen molar-refractivity contribution < 1.29 is 4.79 Å². The van der Waals surface area contributed by atoms with Gasteiger partial charge in [-0.25, -0.2) is 4.98 Å². The normalized spacial score (nSPS) is 16.1. The zero-order valence-corrected chi connectivity index (χ0v) is 17.8. The molecule has 1 aliphatic carbocycles. The Morgan fingerprint density at radius 3 is 2.70 bits per heavy atom. The minimum atomic E-state index is 0.126. The molecule has 1 aliphatic rings. The van der Waals surface area contributed by atoms with Crippen LogP contribution in [0.25, 0.3) is 5.78 Å². The zero-order valence-electron chi connectivity index (χ0n) is 17.0. The number of aromatic nitrogens is 4. The first-order valence-electron chi connectivity index (χ1n) is 10.1. The summed E-state index contributed by atoms with van der Waals surface area (Å²) in [7, 11) is 0. The molecular weight excluding hydrogens is 392 g/mol. The van der Waals surface area contributed by atoms with E-state index < -0.39 is 0 Å². The van der Waals surface area contributed by atoms with Gasteiger partial charge in [0.25, 0.3) is 5.78 Å². The van der Waals surface area contributed by atoms with E-state index in [1.165, 1.54) is 22.3 Å². The molecule has 0 aliphatic heterocycles. The molecule has 30 heavy (non-hydrogen) atoms. The lowest BCUT2D eigenvalue weighted by Crippen LogP contribution is -2.22. The van der Waals surface area contributed by atoms with Crippen molar-refractivity contribution in [2.45, 2.75) is 43.5 Å². The molecular formula is C24H22N4OS. The van der Waals surface area contributed by atoms with Gasteiger partial charge >= 0.3 is 0 Å². The van der Waals surface area contributed by atoms with E-state index in [-0.39, 0.29) is 11.7 Å². The fraction of sp³-hybridized carbons (Fsp3) is 0.250. The molecule has 0 fully saturated rings. The van der Waals surface area contributed by atoms with Gasteiger partial charge in [-0.2, -0.15) is 9.50 Å². The standard InChI is InChI=1S/C24H22N4OS/c1-15-6-8-18(9-7-15)19-11-21-20(22(29)12-19)13-25-23-26-24(27-28(21)23)30-14-17-5-3-4-16(2)10-17/h3-10,13,19H,11-12,14H2,1-2H3. The van der Waals surface area contributed by atoms with Crippen LogP contribution in [0.1, 0.15) is 50.6 Å². The van der Waals surface area contributed by atoms with Crippen molar-refractivity contribution in [3.63, 3.8) is 0 Å². The van der Waals surface area contributed by atoms with Crippen molar-refractivity contribution in [1.82, 2.24) is 19.6 Å². The van der Waals surface area contributed by atoms with Gasteiger partial charge in [-0.3, -0.25) is 4.79 Å². The molecule has 0 saturated carbocycles. The summed E-state index contributed by atoms with van der Waals surface area (Å²) in [4.78, 5) is 21.8. The molecule has 150 valence electrons. The summed E-state index contributed by atoms with van der Waals surface area (Å²) >= 11 is 1.59. The van der Waals surface area contributed by atoms with Crippen molar-refractivity contribution in [1.29, 1.82) is 0 Å². The van der Waals surface area contributed by atoms with Crippen LogP contribution in [0.4, 0.5) is 0 Å². The Labute approximate surface area is 179 Å². The van der Waals surface area contributed by atoms with Crippen LogP contribution in [0.3, 0.4) is 0 Å². The number of aryl methyl sites for hydroxylation is 2. The highest BCUT2D eigenvalue weighted by molar-refractivity contribution is 7.98. The Bertz CT molecular complexity index is 1250. The van der Waals surface area contributed by atoms with Gasteiger partial charge in [-0.1, -0.05) is 71.4 Å². The maximum absolute atomic E-state index is 12.8. The molecule has 5 rings (SSSR count). The maximum atomic E-state index is 12.8. The summed E-state index contributed by atoms with van der Waals surface area (Å²) in [6.45, 7) is 4.17. The van der Waals surface area contributed by atoms with Gasteiger partial charge < -0.3 is 0 Å². The lowest BCUT2D eigenvalue weighted by Gasteiger charge is -2.23. The van der Waals surface area contributed by atoms with Crippen LogP contribution in [0.5, 0.6) is 0 Å². The van der Waals surface area contributed by atoms with E-state index in [0.717, 1.165) is 17.9 Å². The quantitative estimate of drug-likeness (QED) is 0.442. The molecule has 2 aromatic heterocycles. The number of Topliss-reactive ketones (excluding diaryl/α,β-unsaturated/α-hetero) is 1. The first kappa shape index (κ1) is 19.0. The number of carbonyl (C=O) groups excluding carboxylic acids is 1. The molecule has 5 nitrogen and oxygen atoms in total. The summed E-state index contributed by atoms with van der Waals surface area (Å²) in [5.74, 6) is 1.63. The minimum absolute atomic E-state index is 0.126. The Hall–Kier alpha value is -2.99. The van der Waals surface area contributed by atoms with Gasteiger partial charge in [0.05, 0.1) is 11.3 Å². The summed E-state index contributed by atoms with van der Waals surface area (Å²) in [5, 5.41) is 5.38. The molecule has 4 aromatic rings. The van der Waals surface area contributed by atoms with Crippen molar-refractivity contribution in [3.05, 3.63) is 88.2 Å². The third-order valence-electron chi connectivity index (χ3n) is 5.62. The van der Waals surface area contributed by atoms with Crippen LogP contribution in [-0.4, -0.2) is 25.4 Å². The predicted molar refractivity (Wildman–Crippen MR) is 118 cm³/mol. The van der Waals surface area contributed by atoms with Gasteiger partial charge in [0, 0.05) is 18.4 Å². The van der Waals surface area contributed by atoms with E-state index in [9.17, 15) is 4.79 Å². The molecule has 0 amide bonds. The van der Waals surface area contributed by atoms with Crippen molar-refractivity contribution >= 4 is 23.3 Å². The van der Waals surface area contributed by atoms with Crippen LogP contribution in [-0.2, 0) is 12.2 Å². The molecule has 0 saturated heterocycles. The molecule has 6 heteroatoms. The van der Waals surface area contributed by atoms with E-state index in [1.54, 1.807) is 22.5 Å². The first-order valence-corrected chi connectivity index (χ1v) is 11.1. The van der Waals surface area contributed by atoms with E-state index in [4.69, 9.17) is 5.10 Å². The molecule has 0 spiro atoms. The number of rotatable bonds is 4. The van der Waals surface area contributed by atoms with Crippen LogP contribution in [0, 0.1) is 13.8 Å². The van der Waals surface area contributed by atoms with Gasteiger partial charge in [-0.15, -0.1) is 5.10 Å². The number of thioether (sulfide) groups is 1. The average Bonchev–Trinajstić information content (AvgIpc) is 3.16. The molecule has 2 heterocycles. The second-order valence-corrected chi connectivity index (χ2v) is 8.88. The van der Waals surface area contributed by atoms with E-state index in [1.807, 2.05) is 0 Å². The molecule has 0 N–H and O–H groups in total. The Kier molecular flexibility index (Phi) is 4.87. The van der Waals surface area contributed by atoms with E-state index in [2.05, 4.69) is 72.3 Å². The smallest absolute Gasteiger partial charge is 0.253 e. The average molecular weight is 415 g/mol. The van der Waals surface area contributed by atoms with E-state index in [0.29, 0.717) is 22.9 Å². The largest absolute Gasteiger partial charge is 0.294 e. The molecule has 2 aromatic carbocycles. The third-order valence-corrected chi connectivity index (χ3v) is 6.53. The Morgan fingerprint density at radius 1 is 1.07 bits per heavy atom. The Morgan fingerprint density at radius 2 is 1.90 bits per heavy atom. The zero-order chi connectivity index (χ0) is 20.7. The van der Waals surface area contributed by atoms with Crippen molar-refractivity contribution in [2.75, 3.05) is 0 Å². The number of hydrogen-bond acceptors (Lipinski definition) is 5. The fourth-order valence-electron chi connectivity index (χ4n) is 4.01. The fourth-order valence-corrected chi connectivity index (χ4v) is 4.78. The number of benzene rings is 2. The molecule has 1 atom stereocenters. The van der Waals surface area contributed by atoms with Crippen LogP contribution < -0.4 is 0 Å². The topological polar surface area (TPSA) is 60.2 Å². The highest BCUT2D eigenvalue weighted by atomic mass is 32.2. The first-order chi connectivity index (χ1) is 14.6. The Balaban J connectivity index is 1.45. The second kappa shape index (κ2) is 7.69. The predicted octanol–water partition coefficient (Wildman–Crippen LogP) is 4.95. The summed E-state index contributed by atoms with van der Waals surface area (Å²) < 4.78 is 1.77. The highest BCUT2D eigenvalue weighted by Crippen LogP contribution is 2.33. The van der Waals surface area contributed by atoms with Crippen molar-refractivity contribution in [3.8, 4) is 0 Å². The second-order valence-electron chi connectivity index (χ2n) is 7.94. The monoisotopic (exact) mass is 414 g/mol. The van der Waals surface area contributed by atoms with E-state index >= 15 is 0 Å². The van der Waals surface area contributed by atoms with Gasteiger partial charge in [-0.05, 0) is 37.3 Å². The lowest BCUT2D eigenvalue weighted by molar-refractivity contribution is 0.0962. The lowest BCUT2D eigenvalue weighted by atomic mass is 9.82. The summed E-state index contributed by atoms with van der Waals surface area (Å²) in [6, 6.07) is 16.9. The van der Waals surface area contributed by atoms with Gasteiger partial charge in [0.2, 0.25) is 5.16 Å². The van der Waals surface area contributed by atoms with Crippen LogP contribution in [0.15, 0.2) is 59.9 Å². The number of nitrogens with zero attached hydrogens (tertiary/aromatic N) is 4. The number of hydrogen-bond donors (Lipinski definition) is 0. The molecule has 0 radical (unpaired) electrons. The van der Waals surface area contributed by atoms with Gasteiger partial charge in [0.15, 0.2) is 5.78 Å². The van der Waals surface area contributed by atoms with Crippen LogP contribution in [0.2, 0.25) is 0 Å². The molecule has 1 unspecified atom stereocenters. The summed E-state index contributed by atoms with van der Waals surface area (Å²) in [5.41, 5.74) is 6.48. The van der Waals surface area contributed by atoms with Crippen LogP contribution >= 0.6 is 11.8 Å². The molecule has 0 bridgehead atoms. The maximum Gasteiger partial charge on any atom is 0.253 e. The highest BCUT2D eigenvalue weighted by Gasteiger charge is 2.29. The summed E-state index contributed by atoms with van der Waals surface area (Å²) in [6.07, 6.45) is 2.93. The van der Waals surface area contributed by atoms with Gasteiger partial charge in [0.1, 0.15) is 0 Å².